The first kappa shape index (κ1) is 18.2. The summed E-state index contributed by atoms with van der Waals surface area (Å²) >= 11 is 0. The Balaban J connectivity index is 1.55. The van der Waals surface area contributed by atoms with E-state index in [0.29, 0.717) is 28.3 Å². The molecule has 1 aliphatic heterocycles. The lowest BCUT2D eigenvalue weighted by Crippen LogP contribution is -2.25. The van der Waals surface area contributed by atoms with Crippen LogP contribution < -0.4 is 15.6 Å². The molecule has 2 heterocycles. The van der Waals surface area contributed by atoms with Gasteiger partial charge in [-0.15, -0.1) is 0 Å². The van der Waals surface area contributed by atoms with Crippen LogP contribution >= 0.6 is 0 Å². The third-order valence-corrected chi connectivity index (χ3v) is 5.78. The van der Waals surface area contributed by atoms with E-state index in [4.69, 9.17) is 4.74 Å². The number of carbonyl (C=O) groups excluding carboxylic acids is 1. The Morgan fingerprint density at radius 2 is 1.53 bits per heavy atom. The molecule has 0 fully saturated rings. The number of para-hydroxylation sites is 2. The maximum Gasteiger partial charge on any atom is 0.251 e. The monoisotopic (exact) mass is 396 g/mol. The summed E-state index contributed by atoms with van der Waals surface area (Å²) < 4.78 is 5.98. The minimum absolute atomic E-state index is 0.115. The molecule has 0 atom stereocenters. The third-order valence-electron chi connectivity index (χ3n) is 5.78. The fourth-order valence-corrected chi connectivity index (χ4v) is 4.05. The van der Waals surface area contributed by atoms with Crippen LogP contribution in [0.1, 0.15) is 28.2 Å². The topological polar surface area (TPSA) is 71.2 Å². The van der Waals surface area contributed by atoms with E-state index in [1.165, 1.54) is 0 Å². The third kappa shape index (κ3) is 2.87. The Morgan fingerprint density at radius 3 is 2.20 bits per heavy atom. The largest absolute Gasteiger partial charge is 0.457 e. The number of H-pyrrole nitrogens is 1. The van der Waals surface area contributed by atoms with Gasteiger partial charge in [-0.05, 0) is 43.7 Å². The molecule has 0 unspecified atom stereocenters. The number of hydrogen-bond acceptors (Lipinski definition) is 3. The van der Waals surface area contributed by atoms with E-state index in [1.807, 2.05) is 74.5 Å². The van der Waals surface area contributed by atoms with E-state index in [2.05, 4.69) is 10.3 Å². The zero-order chi connectivity index (χ0) is 20.8. The van der Waals surface area contributed by atoms with Gasteiger partial charge in [-0.2, -0.15) is 0 Å². The van der Waals surface area contributed by atoms with Crippen molar-refractivity contribution in [3.8, 4) is 11.5 Å². The van der Waals surface area contributed by atoms with Gasteiger partial charge in [-0.3, -0.25) is 9.59 Å². The average Bonchev–Trinajstić information content (AvgIpc) is 2.75. The molecular weight excluding hydrogens is 376 g/mol. The number of nitrogens with one attached hydrogen (secondary N) is 2. The number of pyridine rings is 1. The first-order chi connectivity index (χ1) is 14.5. The minimum atomic E-state index is -0.486. The molecule has 4 aromatic rings. The summed E-state index contributed by atoms with van der Waals surface area (Å²) in [6.45, 7) is 3.74. The van der Waals surface area contributed by atoms with Crippen LogP contribution in [0.15, 0.2) is 71.5 Å². The predicted molar refractivity (Wildman–Crippen MR) is 117 cm³/mol. The highest BCUT2D eigenvalue weighted by Gasteiger charge is 2.32. The van der Waals surface area contributed by atoms with Crippen LogP contribution in [0.3, 0.4) is 0 Å². The van der Waals surface area contributed by atoms with Crippen molar-refractivity contribution >= 4 is 22.5 Å². The average molecular weight is 396 g/mol. The summed E-state index contributed by atoms with van der Waals surface area (Å²) in [6.07, 6.45) is 0. The van der Waals surface area contributed by atoms with Crippen LogP contribution in [0.4, 0.5) is 5.69 Å². The van der Waals surface area contributed by atoms with Gasteiger partial charge in [0, 0.05) is 27.8 Å². The molecule has 5 heteroatoms. The Bertz CT molecular complexity index is 1330. The van der Waals surface area contributed by atoms with Crippen LogP contribution in [-0.2, 0) is 4.79 Å². The molecule has 1 aliphatic rings. The SMILES string of the molecule is Cc1c(C)c2ccc(NC(=O)C3c4ccccc4Oc4ccccc43)cc2[nH]c1=O. The Labute approximate surface area is 173 Å². The second-order valence-corrected chi connectivity index (χ2v) is 7.56. The minimum Gasteiger partial charge on any atom is -0.457 e. The molecule has 0 saturated heterocycles. The Morgan fingerprint density at radius 1 is 0.900 bits per heavy atom. The van der Waals surface area contributed by atoms with Gasteiger partial charge >= 0.3 is 0 Å². The number of aromatic nitrogens is 1. The Kier molecular flexibility index (Phi) is 4.17. The molecule has 30 heavy (non-hydrogen) atoms. The van der Waals surface area contributed by atoms with Crippen LogP contribution in [0.5, 0.6) is 11.5 Å². The zero-order valence-electron chi connectivity index (χ0n) is 16.7. The number of carbonyl (C=O) groups is 1. The van der Waals surface area contributed by atoms with Crippen LogP contribution in [0.2, 0.25) is 0 Å². The standard InChI is InChI=1S/C25H20N2O3/c1-14-15(2)24(28)27-20-13-16(11-12-17(14)20)26-25(29)23-18-7-3-5-9-21(18)30-22-10-6-4-8-19(22)23/h3-13,23H,1-2H3,(H,26,29)(H,27,28). The highest BCUT2D eigenvalue weighted by atomic mass is 16.5. The van der Waals surface area contributed by atoms with Crippen molar-refractivity contribution in [3.63, 3.8) is 0 Å². The molecule has 2 N–H and O–H groups in total. The first-order valence-electron chi connectivity index (χ1n) is 9.83. The lowest BCUT2D eigenvalue weighted by atomic mass is 9.87. The van der Waals surface area contributed by atoms with Gasteiger partial charge in [0.15, 0.2) is 0 Å². The molecule has 1 amide bonds. The quantitative estimate of drug-likeness (QED) is 0.500. The maximum atomic E-state index is 13.4. The number of amides is 1. The van der Waals surface area contributed by atoms with E-state index in [0.717, 1.165) is 22.1 Å². The number of aromatic amines is 1. The van der Waals surface area contributed by atoms with Gasteiger partial charge in [0.2, 0.25) is 5.91 Å². The summed E-state index contributed by atoms with van der Waals surface area (Å²) in [5.41, 5.74) is 4.52. The molecule has 0 saturated carbocycles. The number of rotatable bonds is 2. The summed E-state index contributed by atoms with van der Waals surface area (Å²) in [7, 11) is 0. The van der Waals surface area contributed by atoms with Gasteiger partial charge < -0.3 is 15.0 Å². The Hall–Kier alpha value is -3.86. The highest BCUT2D eigenvalue weighted by molar-refractivity contribution is 6.01. The van der Waals surface area contributed by atoms with Crippen molar-refractivity contribution in [2.75, 3.05) is 5.32 Å². The second-order valence-electron chi connectivity index (χ2n) is 7.56. The van der Waals surface area contributed by atoms with Crippen LogP contribution in [0, 0.1) is 13.8 Å². The summed E-state index contributed by atoms with van der Waals surface area (Å²) in [6, 6.07) is 20.8. The lowest BCUT2D eigenvalue weighted by molar-refractivity contribution is -0.116. The highest BCUT2D eigenvalue weighted by Crippen LogP contribution is 2.44. The van der Waals surface area contributed by atoms with E-state index in [1.54, 1.807) is 6.07 Å². The molecule has 3 aromatic carbocycles. The van der Waals surface area contributed by atoms with Crippen molar-refractivity contribution in [2.45, 2.75) is 19.8 Å². The van der Waals surface area contributed by atoms with Crippen LogP contribution in [0.25, 0.3) is 10.9 Å². The van der Waals surface area contributed by atoms with Crippen molar-refractivity contribution < 1.29 is 9.53 Å². The molecule has 0 bridgehead atoms. The van der Waals surface area contributed by atoms with E-state index in [9.17, 15) is 9.59 Å². The number of benzene rings is 3. The predicted octanol–water partition coefficient (Wildman–Crippen LogP) is 5.02. The van der Waals surface area contributed by atoms with Crippen LogP contribution in [-0.4, -0.2) is 10.9 Å². The molecule has 0 spiro atoms. The van der Waals surface area contributed by atoms with Crippen molar-refractivity contribution in [1.29, 1.82) is 0 Å². The molecule has 0 radical (unpaired) electrons. The number of ether oxygens (including phenoxy) is 1. The van der Waals surface area contributed by atoms with Gasteiger partial charge in [0.05, 0.1) is 11.4 Å². The summed E-state index contributed by atoms with van der Waals surface area (Å²) in [4.78, 5) is 28.4. The van der Waals surface area contributed by atoms with E-state index >= 15 is 0 Å². The lowest BCUT2D eigenvalue weighted by Gasteiger charge is -2.27. The normalized spacial score (nSPS) is 12.7. The van der Waals surface area contributed by atoms with E-state index < -0.39 is 5.92 Å². The molecule has 5 nitrogen and oxygen atoms in total. The fourth-order valence-electron chi connectivity index (χ4n) is 4.05. The molecule has 1 aromatic heterocycles. The number of anilines is 1. The molecule has 0 aliphatic carbocycles. The first-order valence-corrected chi connectivity index (χ1v) is 9.83. The second kappa shape index (κ2) is 6.88. The molecular formula is C25H20N2O3. The van der Waals surface area contributed by atoms with Crippen molar-refractivity contribution in [3.05, 3.63) is 99.3 Å². The molecule has 5 rings (SSSR count). The van der Waals surface area contributed by atoms with Gasteiger partial charge in [0.25, 0.3) is 5.56 Å². The smallest absolute Gasteiger partial charge is 0.251 e. The fraction of sp³-hybridized carbons (Fsp3) is 0.120. The summed E-state index contributed by atoms with van der Waals surface area (Å²) in [5, 5.41) is 3.99. The van der Waals surface area contributed by atoms with Gasteiger partial charge in [-0.25, -0.2) is 0 Å². The van der Waals surface area contributed by atoms with Gasteiger partial charge in [0.1, 0.15) is 11.5 Å². The van der Waals surface area contributed by atoms with Gasteiger partial charge in [-0.1, -0.05) is 42.5 Å². The zero-order valence-corrected chi connectivity index (χ0v) is 16.7. The maximum absolute atomic E-state index is 13.4. The van der Waals surface area contributed by atoms with Crippen molar-refractivity contribution in [2.24, 2.45) is 0 Å². The molecule has 148 valence electrons. The number of hydrogen-bond donors (Lipinski definition) is 2. The number of fused-ring (bicyclic) bond motifs is 3. The van der Waals surface area contributed by atoms with Crippen molar-refractivity contribution in [1.82, 2.24) is 4.98 Å². The van der Waals surface area contributed by atoms with E-state index in [-0.39, 0.29) is 11.5 Å². The number of aryl methyl sites for hydroxylation is 1. The summed E-state index contributed by atoms with van der Waals surface area (Å²) in [5.74, 6) is 0.736.